The van der Waals surface area contributed by atoms with Gasteiger partial charge in [-0.05, 0) is 92.3 Å². The van der Waals surface area contributed by atoms with Gasteiger partial charge in [0.1, 0.15) is 46.1 Å². The number of anilines is 3. The molecule has 3 aromatic carbocycles. The Morgan fingerprint density at radius 1 is 0.585 bits per heavy atom. The summed E-state index contributed by atoms with van der Waals surface area (Å²) in [5, 5.41) is 91.1. The molecule has 65 heavy (non-hydrogen) atoms. The van der Waals surface area contributed by atoms with Gasteiger partial charge in [0.05, 0.1) is 22.2 Å². The van der Waals surface area contributed by atoms with Crippen molar-refractivity contribution < 1.29 is 75.0 Å². The number of carboxylic acids is 5. The average molecular weight is 910 g/mol. The largest absolute Gasteiger partial charge is 0.507 e. The van der Waals surface area contributed by atoms with Gasteiger partial charge in [0.15, 0.2) is 0 Å². The smallest absolute Gasteiger partial charge is 0.339 e. The van der Waals surface area contributed by atoms with Crippen molar-refractivity contribution >= 4 is 46.9 Å². The highest BCUT2D eigenvalue weighted by molar-refractivity contribution is 5.94. The maximum Gasteiger partial charge on any atom is 0.339 e. The first-order valence-corrected chi connectivity index (χ1v) is 19.9. The zero-order chi connectivity index (χ0) is 50.1. The number of carbonyl (C=O) groups is 5. The van der Waals surface area contributed by atoms with E-state index in [9.17, 15) is 49.5 Å². The molecule has 3 aromatic rings. The standard InChI is InChI=1S/C10H15NO3.C9H11NO3.C9H13NO3.C9H11NO3.C8H9NO3/c1-2-5-10(11)6-3-4-7(8(10)12)9(13)14;1-2-5-3-6(10)4-7(8(5)11)9(12)13;1-2-9(10)5-3-4-6(7(9)11)8(12)13;1-2-5-7(10)4-3-6(8(5)11)9(12)13;1-4-2-5(9)3-6(7(4)10)8(11)12/h3-4,6,8,12H,2,5,11H2,1H3,(H,13,14);3-4,11H,2,10H2,1H3,(H,12,13);3-5,7,11H,2,10H2,1H3,(H,12,13);3-4,11H,2,10H2,1H3,(H,12,13);2-3,10H,9H2,1H3,(H,11,12). The summed E-state index contributed by atoms with van der Waals surface area (Å²) in [6.07, 6.45) is 9.88. The molecule has 0 amide bonds. The molecule has 0 spiro atoms. The van der Waals surface area contributed by atoms with E-state index < -0.39 is 53.1 Å². The molecule has 2 aliphatic carbocycles. The maximum atomic E-state index is 10.7. The van der Waals surface area contributed by atoms with Gasteiger partial charge in [0, 0.05) is 22.6 Å². The molecule has 2 aliphatic rings. The van der Waals surface area contributed by atoms with Crippen LogP contribution in [0, 0.1) is 6.92 Å². The molecule has 20 N–H and O–H groups in total. The van der Waals surface area contributed by atoms with Crippen molar-refractivity contribution in [2.24, 2.45) is 11.5 Å². The molecule has 0 saturated carbocycles. The summed E-state index contributed by atoms with van der Waals surface area (Å²) in [7, 11) is 0. The summed E-state index contributed by atoms with van der Waals surface area (Å²) in [5.41, 5.74) is 28.3. The summed E-state index contributed by atoms with van der Waals surface area (Å²) in [5.74, 6) is -6.38. The second-order valence-corrected chi connectivity index (χ2v) is 14.7. The van der Waals surface area contributed by atoms with E-state index in [0.717, 1.165) is 6.42 Å². The van der Waals surface area contributed by atoms with Gasteiger partial charge in [-0.25, -0.2) is 24.0 Å². The molecule has 0 heterocycles. The molecule has 0 bridgehead atoms. The number of carboxylic acid groups (broad SMARTS) is 5. The molecule has 0 aromatic heterocycles. The molecule has 0 saturated heterocycles. The van der Waals surface area contributed by atoms with Crippen molar-refractivity contribution in [1.82, 2.24) is 0 Å². The highest BCUT2D eigenvalue weighted by atomic mass is 16.4. The number of hydrogen-bond donors (Lipinski definition) is 15. The molecule has 20 heteroatoms. The number of nitrogens with two attached hydrogens (primary N) is 5. The lowest BCUT2D eigenvalue weighted by molar-refractivity contribution is -0.135. The van der Waals surface area contributed by atoms with Gasteiger partial charge < -0.3 is 79.7 Å². The third-order valence-electron chi connectivity index (χ3n) is 10.0. The first-order chi connectivity index (χ1) is 30.2. The minimum atomic E-state index is -1.18. The fraction of sp³-hybridized carbons (Fsp3) is 0.311. The molecule has 354 valence electrons. The molecular weight excluding hydrogens is 851 g/mol. The summed E-state index contributed by atoms with van der Waals surface area (Å²) in [6, 6.07) is 8.35. The second kappa shape index (κ2) is 24.5. The number of allylic oxidation sites excluding steroid dienone is 4. The van der Waals surface area contributed by atoms with Crippen LogP contribution in [0.2, 0.25) is 0 Å². The van der Waals surface area contributed by atoms with Crippen LogP contribution in [0.4, 0.5) is 17.1 Å². The van der Waals surface area contributed by atoms with E-state index in [-0.39, 0.29) is 45.1 Å². The Kier molecular flexibility index (Phi) is 20.9. The molecular formula is C45H59N5O15. The van der Waals surface area contributed by atoms with E-state index in [2.05, 4.69) is 0 Å². The summed E-state index contributed by atoms with van der Waals surface area (Å²) in [4.78, 5) is 53.1. The Bertz CT molecular complexity index is 2360. The van der Waals surface area contributed by atoms with Crippen LogP contribution in [0.1, 0.15) is 94.7 Å². The number of aryl methyl sites for hydroxylation is 2. The van der Waals surface area contributed by atoms with E-state index >= 15 is 0 Å². The number of benzene rings is 3. The number of aliphatic carboxylic acids is 2. The normalized spacial score (nSPS) is 19.1. The van der Waals surface area contributed by atoms with Crippen LogP contribution >= 0.6 is 0 Å². The highest BCUT2D eigenvalue weighted by Crippen LogP contribution is 2.30. The number of aliphatic hydroxyl groups is 2. The van der Waals surface area contributed by atoms with E-state index in [1.165, 1.54) is 42.5 Å². The monoisotopic (exact) mass is 909 g/mol. The van der Waals surface area contributed by atoms with E-state index in [0.29, 0.717) is 59.4 Å². The zero-order valence-corrected chi connectivity index (χ0v) is 36.5. The first-order valence-electron chi connectivity index (χ1n) is 19.9. The molecule has 4 unspecified atom stereocenters. The van der Waals surface area contributed by atoms with Crippen LogP contribution in [0.3, 0.4) is 0 Å². The number of hydrogen-bond acceptors (Lipinski definition) is 15. The topological polar surface area (TPSA) is 418 Å². The maximum absolute atomic E-state index is 10.7. The van der Waals surface area contributed by atoms with Crippen molar-refractivity contribution in [2.45, 2.75) is 90.0 Å². The van der Waals surface area contributed by atoms with Crippen molar-refractivity contribution in [3.8, 4) is 17.2 Å². The fourth-order valence-electron chi connectivity index (χ4n) is 6.26. The Hall–Kier alpha value is -7.39. The Morgan fingerprint density at radius 2 is 1.03 bits per heavy atom. The van der Waals surface area contributed by atoms with Gasteiger partial charge in [-0.1, -0.05) is 58.4 Å². The SMILES string of the molecule is CCC1(N)C=CC=C(C(=O)O)C1O.CCCC1(N)C=CC=C(C(=O)O)C1O.CCc1c(N)ccc(C(=O)O)c1O.CCc1cc(N)cc(C(=O)O)c1O.Cc1cc(N)cc(C(=O)O)c1O. The minimum Gasteiger partial charge on any atom is -0.507 e. The van der Waals surface area contributed by atoms with Gasteiger partial charge in [-0.2, -0.15) is 0 Å². The minimum absolute atomic E-state index is 0.0385. The molecule has 20 nitrogen and oxygen atoms in total. The number of aliphatic hydroxyl groups excluding tert-OH is 2. The van der Waals surface area contributed by atoms with Gasteiger partial charge in [0.25, 0.3) is 0 Å². The van der Waals surface area contributed by atoms with E-state index in [1.54, 1.807) is 51.1 Å². The van der Waals surface area contributed by atoms with Crippen molar-refractivity contribution in [3.63, 3.8) is 0 Å². The molecule has 0 aliphatic heterocycles. The third-order valence-corrected chi connectivity index (χ3v) is 10.0. The number of phenols is 3. The summed E-state index contributed by atoms with van der Waals surface area (Å²) in [6.45, 7) is 8.96. The van der Waals surface area contributed by atoms with Gasteiger partial charge >= 0.3 is 29.8 Å². The van der Waals surface area contributed by atoms with Crippen LogP contribution in [-0.2, 0) is 22.4 Å². The lowest BCUT2D eigenvalue weighted by atomic mass is 9.81. The number of rotatable bonds is 10. The Labute approximate surface area is 374 Å². The van der Waals surface area contributed by atoms with Crippen LogP contribution in [0.25, 0.3) is 0 Å². The third kappa shape index (κ3) is 14.9. The first kappa shape index (κ1) is 55.6. The van der Waals surface area contributed by atoms with Gasteiger partial charge in [-0.15, -0.1) is 0 Å². The van der Waals surface area contributed by atoms with E-state index in [4.69, 9.17) is 54.2 Å². The number of aromatic hydroxyl groups is 3. The number of aromatic carboxylic acids is 3. The van der Waals surface area contributed by atoms with E-state index in [1.807, 2.05) is 13.8 Å². The predicted molar refractivity (Wildman–Crippen MR) is 243 cm³/mol. The fourth-order valence-corrected chi connectivity index (χ4v) is 6.26. The lowest BCUT2D eigenvalue weighted by Crippen LogP contribution is -2.52. The van der Waals surface area contributed by atoms with Crippen LogP contribution in [0.5, 0.6) is 17.2 Å². The summed E-state index contributed by atoms with van der Waals surface area (Å²) < 4.78 is 0. The van der Waals surface area contributed by atoms with Crippen molar-refractivity contribution in [2.75, 3.05) is 17.2 Å². The molecule has 0 radical (unpaired) electrons. The van der Waals surface area contributed by atoms with Gasteiger partial charge in [-0.3, -0.25) is 0 Å². The van der Waals surface area contributed by atoms with Crippen molar-refractivity contribution in [1.29, 1.82) is 0 Å². The lowest BCUT2D eigenvalue weighted by Gasteiger charge is -2.33. The molecule has 5 rings (SSSR count). The predicted octanol–water partition coefficient (Wildman–Crippen LogP) is 3.91. The highest BCUT2D eigenvalue weighted by Gasteiger charge is 2.38. The van der Waals surface area contributed by atoms with Crippen molar-refractivity contribution in [3.05, 3.63) is 117 Å². The van der Waals surface area contributed by atoms with Crippen LogP contribution < -0.4 is 28.7 Å². The van der Waals surface area contributed by atoms with Crippen LogP contribution in [-0.4, -0.2) is 104 Å². The number of nitrogen functional groups attached to an aromatic ring is 3. The second-order valence-electron chi connectivity index (χ2n) is 14.7. The quantitative estimate of drug-likeness (QED) is 0.101. The zero-order valence-electron chi connectivity index (χ0n) is 36.5. The average Bonchev–Trinajstić information content (AvgIpc) is 3.22. The van der Waals surface area contributed by atoms with Crippen LogP contribution in [0.15, 0.2) is 84.0 Å². The molecule has 0 fully saturated rings. The Balaban J connectivity index is 0.000000407. The molecule has 4 atom stereocenters. The Morgan fingerprint density at radius 3 is 1.45 bits per heavy atom. The summed E-state index contributed by atoms with van der Waals surface area (Å²) >= 11 is 0. The van der Waals surface area contributed by atoms with Gasteiger partial charge in [0.2, 0.25) is 0 Å².